The van der Waals surface area contributed by atoms with Crippen LogP contribution in [0.3, 0.4) is 0 Å². The molecule has 3 amide bonds. The molecule has 1 heterocycles. The van der Waals surface area contributed by atoms with Gasteiger partial charge in [0.2, 0.25) is 17.7 Å². The molecule has 152 valence electrons. The summed E-state index contributed by atoms with van der Waals surface area (Å²) >= 11 is 6.30. The molecular weight excluding hydrogens is 378 g/mol. The summed E-state index contributed by atoms with van der Waals surface area (Å²) in [5, 5.41) is 3.58. The van der Waals surface area contributed by atoms with Crippen molar-refractivity contribution in [3.8, 4) is 0 Å². The molecule has 0 aromatic heterocycles. The summed E-state index contributed by atoms with van der Waals surface area (Å²) in [6.07, 6.45) is 3.71. The Hall–Kier alpha value is -1.92. The van der Waals surface area contributed by atoms with Crippen LogP contribution in [0.2, 0.25) is 5.02 Å². The molecule has 1 aliphatic carbocycles. The number of carbonyl (C=O) groups excluding carboxylic acids is 3. The number of likely N-dealkylation sites (N-methyl/N-ethyl adjacent to an activating group) is 1. The van der Waals surface area contributed by atoms with Crippen LogP contribution in [0.25, 0.3) is 0 Å². The average molecular weight is 406 g/mol. The standard InChI is InChI=1S/C21H28ClN3O3/c1-24(2)18(16-9-5-6-10-17(16)22)13-23-19(26)11-12-25-20(27)14-7-3-4-8-15(14)21(25)28/h5-6,9-10,14-15,18H,3-4,7-8,11-13H2,1-2H3,(H,23,26)/t14-,15+,18-/m1/s1. The van der Waals surface area contributed by atoms with Gasteiger partial charge in [0.05, 0.1) is 17.9 Å². The third-order valence-electron chi connectivity index (χ3n) is 5.88. The van der Waals surface area contributed by atoms with Crippen molar-refractivity contribution in [3.05, 3.63) is 34.9 Å². The zero-order valence-electron chi connectivity index (χ0n) is 16.5. The first-order chi connectivity index (χ1) is 13.4. The number of hydrogen-bond donors (Lipinski definition) is 1. The van der Waals surface area contributed by atoms with Crippen molar-refractivity contribution in [3.63, 3.8) is 0 Å². The van der Waals surface area contributed by atoms with Gasteiger partial charge < -0.3 is 10.2 Å². The highest BCUT2D eigenvalue weighted by Gasteiger charge is 2.47. The van der Waals surface area contributed by atoms with Crippen molar-refractivity contribution in [2.75, 3.05) is 27.2 Å². The van der Waals surface area contributed by atoms with E-state index >= 15 is 0 Å². The van der Waals surface area contributed by atoms with Crippen LogP contribution in [0.4, 0.5) is 0 Å². The molecule has 7 heteroatoms. The van der Waals surface area contributed by atoms with E-state index in [1.807, 2.05) is 43.3 Å². The first-order valence-corrected chi connectivity index (χ1v) is 10.3. The molecule has 0 spiro atoms. The molecule has 1 saturated carbocycles. The maximum Gasteiger partial charge on any atom is 0.233 e. The molecular formula is C21H28ClN3O3. The van der Waals surface area contributed by atoms with Crippen molar-refractivity contribution in [2.45, 2.75) is 38.1 Å². The van der Waals surface area contributed by atoms with E-state index in [2.05, 4.69) is 5.32 Å². The fourth-order valence-corrected chi connectivity index (χ4v) is 4.54. The number of nitrogens with one attached hydrogen (secondary N) is 1. The van der Waals surface area contributed by atoms with Gasteiger partial charge in [0.25, 0.3) is 0 Å². The summed E-state index contributed by atoms with van der Waals surface area (Å²) in [6.45, 7) is 0.567. The van der Waals surface area contributed by atoms with Crippen LogP contribution in [-0.2, 0) is 14.4 Å². The van der Waals surface area contributed by atoms with Gasteiger partial charge in [0.15, 0.2) is 0 Å². The molecule has 1 saturated heterocycles. The van der Waals surface area contributed by atoms with Gasteiger partial charge in [0, 0.05) is 24.5 Å². The molecule has 3 atom stereocenters. The lowest BCUT2D eigenvalue weighted by molar-refractivity contribution is -0.140. The minimum Gasteiger partial charge on any atom is -0.354 e. The highest BCUT2D eigenvalue weighted by atomic mass is 35.5. The number of carbonyl (C=O) groups is 3. The second-order valence-corrected chi connectivity index (χ2v) is 8.29. The number of fused-ring (bicyclic) bond motifs is 1. The highest BCUT2D eigenvalue weighted by molar-refractivity contribution is 6.31. The second-order valence-electron chi connectivity index (χ2n) is 7.88. The summed E-state index contributed by atoms with van der Waals surface area (Å²) in [6, 6.07) is 7.51. The Bertz CT molecular complexity index is 728. The van der Waals surface area contributed by atoms with Crippen molar-refractivity contribution < 1.29 is 14.4 Å². The number of rotatable bonds is 7. The van der Waals surface area contributed by atoms with Gasteiger partial charge in [-0.2, -0.15) is 0 Å². The Labute approximate surface area is 171 Å². The largest absolute Gasteiger partial charge is 0.354 e. The van der Waals surface area contributed by atoms with E-state index in [1.165, 1.54) is 4.90 Å². The summed E-state index contributed by atoms with van der Waals surface area (Å²) in [5.41, 5.74) is 0.948. The van der Waals surface area contributed by atoms with E-state index in [0.717, 1.165) is 31.2 Å². The van der Waals surface area contributed by atoms with Crippen LogP contribution in [0.5, 0.6) is 0 Å². The van der Waals surface area contributed by atoms with E-state index in [4.69, 9.17) is 11.6 Å². The van der Waals surface area contributed by atoms with Gasteiger partial charge in [-0.15, -0.1) is 0 Å². The maximum absolute atomic E-state index is 12.5. The Morgan fingerprint density at radius 1 is 1.18 bits per heavy atom. The quantitative estimate of drug-likeness (QED) is 0.708. The fourth-order valence-electron chi connectivity index (χ4n) is 4.28. The normalized spacial score (nSPS) is 23.1. The van der Waals surface area contributed by atoms with Gasteiger partial charge in [-0.3, -0.25) is 19.3 Å². The summed E-state index contributed by atoms with van der Waals surface area (Å²) in [7, 11) is 3.87. The molecule has 2 fully saturated rings. The second kappa shape index (κ2) is 9.05. The average Bonchev–Trinajstić information content (AvgIpc) is 2.92. The van der Waals surface area contributed by atoms with E-state index < -0.39 is 0 Å². The number of benzene rings is 1. The van der Waals surface area contributed by atoms with Gasteiger partial charge in [0.1, 0.15) is 0 Å². The number of halogens is 1. The van der Waals surface area contributed by atoms with Crippen LogP contribution in [0, 0.1) is 11.8 Å². The third-order valence-corrected chi connectivity index (χ3v) is 6.22. The fraction of sp³-hybridized carbons (Fsp3) is 0.571. The summed E-state index contributed by atoms with van der Waals surface area (Å²) < 4.78 is 0. The van der Waals surface area contributed by atoms with Crippen LogP contribution < -0.4 is 5.32 Å². The molecule has 1 N–H and O–H groups in total. The van der Waals surface area contributed by atoms with Crippen molar-refractivity contribution in [2.24, 2.45) is 11.8 Å². The lowest BCUT2D eigenvalue weighted by atomic mass is 9.81. The van der Waals surface area contributed by atoms with Gasteiger partial charge in [-0.1, -0.05) is 42.6 Å². The number of amides is 3. The predicted molar refractivity (Wildman–Crippen MR) is 108 cm³/mol. The predicted octanol–water partition coefficient (Wildman–Crippen LogP) is 2.62. The van der Waals surface area contributed by atoms with E-state index in [1.54, 1.807) is 0 Å². The molecule has 0 bridgehead atoms. The van der Waals surface area contributed by atoms with E-state index in [-0.39, 0.29) is 48.6 Å². The monoisotopic (exact) mass is 405 g/mol. The van der Waals surface area contributed by atoms with Crippen LogP contribution in [-0.4, -0.2) is 54.7 Å². The minimum atomic E-state index is -0.172. The molecule has 1 aromatic rings. The first-order valence-electron chi connectivity index (χ1n) is 9.93. The van der Waals surface area contributed by atoms with Crippen molar-refractivity contribution in [1.82, 2.24) is 15.1 Å². The Morgan fingerprint density at radius 3 is 2.36 bits per heavy atom. The zero-order valence-corrected chi connectivity index (χ0v) is 17.2. The topological polar surface area (TPSA) is 69.7 Å². The molecule has 6 nitrogen and oxygen atoms in total. The Balaban J connectivity index is 1.53. The molecule has 3 rings (SSSR count). The Morgan fingerprint density at radius 2 is 1.79 bits per heavy atom. The maximum atomic E-state index is 12.5. The van der Waals surface area contributed by atoms with Gasteiger partial charge in [-0.25, -0.2) is 0 Å². The van der Waals surface area contributed by atoms with Gasteiger partial charge in [-0.05, 0) is 38.6 Å². The molecule has 1 aromatic carbocycles. The van der Waals surface area contributed by atoms with Crippen LogP contribution in [0.15, 0.2) is 24.3 Å². The van der Waals surface area contributed by atoms with Crippen LogP contribution in [0.1, 0.15) is 43.7 Å². The van der Waals surface area contributed by atoms with Crippen LogP contribution >= 0.6 is 11.6 Å². The number of likely N-dealkylation sites (tertiary alicyclic amines) is 1. The van der Waals surface area contributed by atoms with E-state index in [9.17, 15) is 14.4 Å². The number of imide groups is 1. The lowest BCUT2D eigenvalue weighted by Crippen LogP contribution is -2.38. The van der Waals surface area contributed by atoms with Gasteiger partial charge >= 0.3 is 0 Å². The summed E-state index contributed by atoms with van der Waals surface area (Å²) in [5.74, 6) is -0.686. The molecule has 0 radical (unpaired) electrons. The van der Waals surface area contributed by atoms with Crippen molar-refractivity contribution in [1.29, 1.82) is 0 Å². The smallest absolute Gasteiger partial charge is 0.233 e. The zero-order chi connectivity index (χ0) is 20.3. The SMILES string of the molecule is CN(C)[C@H](CNC(=O)CCN1C(=O)[C@H]2CCCC[C@H]2C1=O)c1ccccc1Cl. The Kier molecular flexibility index (Phi) is 6.73. The molecule has 28 heavy (non-hydrogen) atoms. The molecule has 0 unspecified atom stereocenters. The lowest BCUT2D eigenvalue weighted by Gasteiger charge is -2.26. The number of hydrogen-bond acceptors (Lipinski definition) is 4. The van der Waals surface area contributed by atoms with E-state index in [0.29, 0.717) is 11.6 Å². The third kappa shape index (κ3) is 4.39. The first kappa shape index (κ1) is 20.8. The van der Waals surface area contributed by atoms with Crippen molar-refractivity contribution >= 4 is 29.3 Å². The minimum absolute atomic E-state index is 0.0597. The molecule has 1 aliphatic heterocycles. The molecule has 2 aliphatic rings. The summed E-state index contributed by atoms with van der Waals surface area (Å²) in [4.78, 5) is 40.6. The highest BCUT2D eigenvalue weighted by Crippen LogP contribution is 2.38. The number of nitrogens with zero attached hydrogens (tertiary/aromatic N) is 2.